The van der Waals surface area contributed by atoms with Crippen LogP contribution in [-0.4, -0.2) is 25.3 Å². The first-order valence-corrected chi connectivity index (χ1v) is 7.09. The maximum atomic E-state index is 5.52. The summed E-state index contributed by atoms with van der Waals surface area (Å²) in [7, 11) is 0. The summed E-state index contributed by atoms with van der Waals surface area (Å²) in [6.07, 6.45) is -0.100. The van der Waals surface area contributed by atoms with E-state index in [0.717, 1.165) is 5.75 Å². The smallest absolute Gasteiger partial charge is 0.166 e. The molecule has 1 rings (SSSR count). The number of benzene rings is 1. The van der Waals surface area contributed by atoms with E-state index < -0.39 is 0 Å². The van der Waals surface area contributed by atoms with E-state index in [9.17, 15) is 0 Å². The Morgan fingerprint density at radius 3 is 2.24 bits per heavy atom. The molecule has 0 saturated heterocycles. The Morgan fingerprint density at radius 1 is 1.06 bits per heavy atom. The fraction of sp³-hybridized carbons (Fsp3) is 0.571. The molecule has 0 spiro atoms. The third-order valence-electron chi connectivity index (χ3n) is 2.57. The van der Waals surface area contributed by atoms with Gasteiger partial charge in [-0.25, -0.2) is 0 Å². The maximum absolute atomic E-state index is 5.52. The van der Waals surface area contributed by atoms with Gasteiger partial charge >= 0.3 is 0 Å². The molecule has 0 bridgehead atoms. The highest BCUT2D eigenvalue weighted by Gasteiger charge is 2.08. The second kappa shape index (κ2) is 7.75. The Balaban J connectivity index is 2.49. The summed E-state index contributed by atoms with van der Waals surface area (Å²) in [6, 6.07) is 6.53. The lowest BCUT2D eigenvalue weighted by atomic mass is 10.1. The van der Waals surface area contributed by atoms with Crippen molar-refractivity contribution in [3.8, 4) is 0 Å². The maximum Gasteiger partial charge on any atom is 0.166 e. The third kappa shape index (κ3) is 5.11. The van der Waals surface area contributed by atoms with Gasteiger partial charge < -0.3 is 9.47 Å². The summed E-state index contributed by atoms with van der Waals surface area (Å²) < 4.78 is 11.0. The number of hydrogen-bond donors (Lipinski definition) is 0. The highest BCUT2D eigenvalue weighted by molar-refractivity contribution is 7.99. The van der Waals surface area contributed by atoms with E-state index in [1.54, 1.807) is 11.8 Å². The van der Waals surface area contributed by atoms with Crippen molar-refractivity contribution in [3.63, 3.8) is 0 Å². The molecule has 0 N–H and O–H groups in total. The van der Waals surface area contributed by atoms with E-state index in [2.05, 4.69) is 32.0 Å². The highest BCUT2D eigenvalue weighted by Crippen LogP contribution is 2.22. The zero-order valence-corrected chi connectivity index (χ0v) is 12.0. The molecule has 2 nitrogen and oxygen atoms in total. The van der Waals surface area contributed by atoms with Gasteiger partial charge in [-0.15, -0.1) is 11.8 Å². The van der Waals surface area contributed by atoms with Crippen molar-refractivity contribution in [2.45, 2.75) is 38.9 Å². The van der Waals surface area contributed by atoms with Crippen molar-refractivity contribution >= 4 is 11.8 Å². The number of rotatable bonds is 7. The topological polar surface area (TPSA) is 18.5 Å². The molecular formula is C14H22O2S. The van der Waals surface area contributed by atoms with Crippen LogP contribution in [0.25, 0.3) is 0 Å². The molecule has 0 aliphatic rings. The lowest BCUT2D eigenvalue weighted by Gasteiger charge is -2.16. The zero-order chi connectivity index (χ0) is 12.7. The molecule has 3 heteroatoms. The van der Waals surface area contributed by atoms with Gasteiger partial charge in [0.15, 0.2) is 6.29 Å². The van der Waals surface area contributed by atoms with Crippen LogP contribution in [0.2, 0.25) is 0 Å². The SMILES string of the molecule is CCOC(CSc1ccc(C)c(C)c1)OCC. The zero-order valence-electron chi connectivity index (χ0n) is 11.2. The molecule has 0 atom stereocenters. The first-order valence-electron chi connectivity index (χ1n) is 6.10. The number of hydrogen-bond acceptors (Lipinski definition) is 3. The molecule has 0 saturated carbocycles. The van der Waals surface area contributed by atoms with Gasteiger partial charge in [0.2, 0.25) is 0 Å². The Morgan fingerprint density at radius 2 is 1.71 bits per heavy atom. The number of ether oxygens (including phenoxy) is 2. The summed E-state index contributed by atoms with van der Waals surface area (Å²) in [5.41, 5.74) is 2.67. The van der Waals surface area contributed by atoms with E-state index in [1.165, 1.54) is 16.0 Å². The van der Waals surface area contributed by atoms with Crippen LogP contribution in [0.1, 0.15) is 25.0 Å². The molecule has 0 aromatic heterocycles. The molecule has 0 fully saturated rings. The fourth-order valence-corrected chi connectivity index (χ4v) is 2.43. The van der Waals surface area contributed by atoms with Gasteiger partial charge in [-0.3, -0.25) is 0 Å². The first kappa shape index (κ1) is 14.6. The minimum Gasteiger partial charge on any atom is -0.352 e. The molecule has 0 unspecified atom stereocenters. The lowest BCUT2D eigenvalue weighted by molar-refractivity contribution is -0.120. The predicted octanol–water partition coefficient (Wildman–Crippen LogP) is 3.79. The summed E-state index contributed by atoms with van der Waals surface area (Å²) >= 11 is 1.78. The molecule has 0 aliphatic heterocycles. The summed E-state index contributed by atoms with van der Waals surface area (Å²) in [5, 5.41) is 0. The molecule has 1 aromatic carbocycles. The van der Waals surface area contributed by atoms with Crippen molar-refractivity contribution in [1.29, 1.82) is 0 Å². The van der Waals surface area contributed by atoms with Crippen LogP contribution in [0, 0.1) is 13.8 Å². The van der Waals surface area contributed by atoms with Crippen molar-refractivity contribution < 1.29 is 9.47 Å². The van der Waals surface area contributed by atoms with Gasteiger partial charge in [0, 0.05) is 23.9 Å². The molecule has 0 radical (unpaired) electrons. The van der Waals surface area contributed by atoms with Crippen molar-refractivity contribution in [2.24, 2.45) is 0 Å². The Hall–Kier alpha value is -0.510. The number of thioether (sulfide) groups is 1. The summed E-state index contributed by atoms with van der Waals surface area (Å²) in [4.78, 5) is 1.28. The average molecular weight is 254 g/mol. The van der Waals surface area contributed by atoms with E-state index in [-0.39, 0.29) is 6.29 Å². The van der Waals surface area contributed by atoms with Crippen LogP contribution in [0.4, 0.5) is 0 Å². The van der Waals surface area contributed by atoms with Gasteiger partial charge in [0.25, 0.3) is 0 Å². The third-order valence-corrected chi connectivity index (χ3v) is 3.60. The van der Waals surface area contributed by atoms with Crippen molar-refractivity contribution in [2.75, 3.05) is 19.0 Å². The molecular weight excluding hydrogens is 232 g/mol. The molecule has 0 amide bonds. The van der Waals surface area contributed by atoms with Gasteiger partial charge in [0.05, 0.1) is 0 Å². The highest BCUT2D eigenvalue weighted by atomic mass is 32.2. The van der Waals surface area contributed by atoms with Crippen LogP contribution < -0.4 is 0 Å². The minimum atomic E-state index is -0.100. The monoisotopic (exact) mass is 254 g/mol. The fourth-order valence-electron chi connectivity index (χ4n) is 1.48. The number of aryl methyl sites for hydroxylation is 2. The molecule has 96 valence electrons. The second-order valence-electron chi connectivity index (χ2n) is 3.90. The Bertz CT molecular complexity index is 333. The molecule has 0 aliphatic carbocycles. The van der Waals surface area contributed by atoms with Crippen LogP contribution in [0.5, 0.6) is 0 Å². The van der Waals surface area contributed by atoms with E-state index in [1.807, 2.05) is 13.8 Å². The molecule has 17 heavy (non-hydrogen) atoms. The van der Waals surface area contributed by atoms with Crippen molar-refractivity contribution in [3.05, 3.63) is 29.3 Å². The second-order valence-corrected chi connectivity index (χ2v) is 4.99. The molecule has 0 heterocycles. The minimum absolute atomic E-state index is 0.100. The largest absolute Gasteiger partial charge is 0.352 e. The van der Waals surface area contributed by atoms with Gasteiger partial charge in [-0.1, -0.05) is 6.07 Å². The van der Waals surface area contributed by atoms with E-state index >= 15 is 0 Å². The van der Waals surface area contributed by atoms with Crippen LogP contribution in [0.3, 0.4) is 0 Å². The summed E-state index contributed by atoms with van der Waals surface area (Å²) in [5.74, 6) is 0.837. The van der Waals surface area contributed by atoms with Crippen LogP contribution in [-0.2, 0) is 9.47 Å². The van der Waals surface area contributed by atoms with Gasteiger partial charge in [-0.05, 0) is 51.0 Å². The normalized spacial score (nSPS) is 11.1. The van der Waals surface area contributed by atoms with E-state index in [4.69, 9.17) is 9.47 Å². The molecule has 1 aromatic rings. The summed E-state index contributed by atoms with van der Waals surface area (Å²) in [6.45, 7) is 9.64. The van der Waals surface area contributed by atoms with Crippen LogP contribution >= 0.6 is 11.8 Å². The van der Waals surface area contributed by atoms with Gasteiger partial charge in [-0.2, -0.15) is 0 Å². The standard InChI is InChI=1S/C14H22O2S/c1-5-15-14(16-6-2)10-17-13-8-7-11(3)12(4)9-13/h7-9,14H,5-6,10H2,1-4H3. The predicted molar refractivity (Wildman–Crippen MR) is 73.7 cm³/mol. The quantitative estimate of drug-likeness (QED) is 0.545. The van der Waals surface area contributed by atoms with Crippen LogP contribution in [0.15, 0.2) is 23.1 Å². The Kier molecular flexibility index (Phi) is 6.63. The lowest BCUT2D eigenvalue weighted by Crippen LogP contribution is -2.19. The van der Waals surface area contributed by atoms with Crippen molar-refractivity contribution in [1.82, 2.24) is 0 Å². The first-order chi connectivity index (χ1) is 8.17. The van der Waals surface area contributed by atoms with Gasteiger partial charge in [0.1, 0.15) is 0 Å². The average Bonchev–Trinajstić information content (AvgIpc) is 2.31. The Labute approximate surface area is 109 Å². The van der Waals surface area contributed by atoms with E-state index in [0.29, 0.717) is 13.2 Å².